The molecule has 0 aromatic heterocycles. The minimum absolute atomic E-state index is 3.58. The Bertz CT molecular complexity index is 666. The van der Waals surface area contributed by atoms with Crippen molar-refractivity contribution in [2.45, 2.75) is 0 Å². The van der Waals surface area contributed by atoms with Gasteiger partial charge in [0.25, 0.3) is 0 Å². The monoisotopic (exact) mass is 602 g/mol. The van der Waals surface area contributed by atoms with Crippen molar-refractivity contribution in [2.75, 3.05) is 0 Å². The van der Waals surface area contributed by atoms with E-state index in [-0.39, 0.29) is 0 Å². The van der Waals surface area contributed by atoms with Crippen molar-refractivity contribution in [1.82, 2.24) is 0 Å². The molecule has 0 N–H and O–H groups in total. The van der Waals surface area contributed by atoms with Crippen LogP contribution in [0.25, 0.3) is 0 Å². The summed E-state index contributed by atoms with van der Waals surface area (Å²) < 4.78 is 104. The summed E-state index contributed by atoms with van der Waals surface area (Å²) in [7, 11) is -15.4. The molecule has 9 aliphatic rings. The Hall–Kier alpha value is 2.07. The van der Waals surface area contributed by atoms with Crippen molar-refractivity contribution in [3.63, 3.8) is 0 Å². The zero-order valence-electron chi connectivity index (χ0n) is 9.82. The molecule has 0 aromatic carbocycles. The van der Waals surface area contributed by atoms with E-state index >= 15 is 0 Å². The van der Waals surface area contributed by atoms with Gasteiger partial charge >= 0.3 is 136 Å². The fourth-order valence-electron chi connectivity index (χ4n) is 1.91. The van der Waals surface area contributed by atoms with Crippen molar-refractivity contribution in [3.8, 4) is 0 Å². The van der Waals surface area contributed by atoms with Crippen LogP contribution in [0, 0.1) is 0 Å². The van der Waals surface area contributed by atoms with Gasteiger partial charge in [-0.05, 0) is 0 Å². The molecule has 16 nitrogen and oxygen atoms in total. The molecule has 9 saturated heterocycles. The predicted molar refractivity (Wildman–Crippen MR) is 60.7 cm³/mol. The Labute approximate surface area is 135 Å². The molecule has 0 spiro atoms. The van der Waals surface area contributed by atoms with Gasteiger partial charge in [0.05, 0.1) is 0 Å². The molecule has 6 bridgehead atoms. The van der Waals surface area contributed by atoms with E-state index < -0.39 is 75.1 Å². The number of rotatable bonds is 6. The van der Waals surface area contributed by atoms with Gasteiger partial charge in [-0.15, -0.1) is 0 Å². The van der Waals surface area contributed by atoms with Crippen LogP contribution >= 0.6 is 31.3 Å². The Kier molecular flexibility index (Phi) is 2.85. The second-order valence-corrected chi connectivity index (χ2v) is 30.2. The average Bonchev–Trinajstić information content (AvgIpc) is 2.17. The fourth-order valence-corrected chi connectivity index (χ4v) is 38.1. The van der Waals surface area contributed by atoms with Gasteiger partial charge in [0.2, 0.25) is 0 Å². The first-order chi connectivity index (χ1) is 10.5. The van der Waals surface area contributed by atoms with Gasteiger partial charge in [-0.2, -0.15) is 0 Å². The number of phosphoric acid groups is 4. The summed E-state index contributed by atoms with van der Waals surface area (Å²) in [4.78, 5) is 0. The van der Waals surface area contributed by atoms with Crippen molar-refractivity contribution in [1.29, 1.82) is 0 Å². The van der Waals surface area contributed by atoms with E-state index in [2.05, 4.69) is 0 Å². The first-order valence-electron chi connectivity index (χ1n) is 5.37. The van der Waals surface area contributed by atoms with Gasteiger partial charge in [0.1, 0.15) is 0 Å². The third-order valence-corrected chi connectivity index (χ3v) is 41.8. The first kappa shape index (κ1) is 16.1. The van der Waals surface area contributed by atoms with E-state index in [1.54, 1.807) is 0 Å². The van der Waals surface area contributed by atoms with E-state index in [9.17, 15) is 18.3 Å². The van der Waals surface area contributed by atoms with E-state index in [4.69, 9.17) is 42.6 Å². The maximum absolute atomic E-state index is 12.7. The summed E-state index contributed by atoms with van der Waals surface area (Å²) in [6.45, 7) is 0. The van der Waals surface area contributed by atoms with Gasteiger partial charge in [0.15, 0.2) is 0 Å². The molecule has 9 heterocycles. The van der Waals surface area contributed by atoms with Gasteiger partial charge in [-0.25, -0.2) is 0 Å². The minimum atomic E-state index is -4.69. The number of hydrogen-bond acceptors (Lipinski definition) is 16. The zero-order valence-corrected chi connectivity index (χ0v) is 19.7. The van der Waals surface area contributed by atoms with Gasteiger partial charge in [-0.3, -0.25) is 0 Å². The molecule has 128 valence electrons. The normalized spacial score (nSPS) is 65.6. The summed E-state index contributed by atoms with van der Waals surface area (Å²) in [6, 6.07) is 0. The molecule has 0 atom stereocenters. The summed E-state index contributed by atoms with van der Waals surface area (Å²) in [5.41, 5.74) is 0. The predicted octanol–water partition coefficient (Wildman–Crippen LogP) is 1.01. The van der Waals surface area contributed by atoms with Crippen LogP contribution < -0.4 is 0 Å². The molecular formula is Ge3O16P4. The molecule has 0 amide bonds. The third kappa shape index (κ3) is 2.14. The Morgan fingerprint density at radius 3 is 0.957 bits per heavy atom. The van der Waals surface area contributed by atoms with Crippen LogP contribution in [0.2, 0.25) is 0 Å². The van der Waals surface area contributed by atoms with Crippen molar-refractivity contribution in [3.05, 3.63) is 0 Å². The second kappa shape index (κ2) is 4.07. The molecule has 0 aromatic rings. The quantitative estimate of drug-likeness (QED) is 0.312. The van der Waals surface area contributed by atoms with Crippen LogP contribution in [0.15, 0.2) is 0 Å². The van der Waals surface area contributed by atoms with Crippen molar-refractivity contribution >= 4 is 75.1 Å². The topological polar surface area (TPSA) is 179 Å². The standard InChI is InChI=1S/Ge3O16P4/c4-20-8-1(9-20,10-20)17-23(7,18-2-11-21(5,12-2)13-2)19-3-14-22(6,15-3)16-3. The molecule has 23 heavy (non-hydrogen) atoms. The van der Waals surface area contributed by atoms with E-state index in [0.717, 1.165) is 0 Å². The zero-order chi connectivity index (χ0) is 16.0. The Balaban J connectivity index is 1.24. The second-order valence-electron chi connectivity index (χ2n) is 4.38. The Morgan fingerprint density at radius 1 is 0.565 bits per heavy atom. The van der Waals surface area contributed by atoms with E-state index in [1.807, 2.05) is 0 Å². The molecule has 0 unspecified atom stereocenters. The molecule has 23 heteroatoms. The average molecular weight is 598 g/mol. The van der Waals surface area contributed by atoms with Crippen molar-refractivity contribution < 1.29 is 60.9 Å². The van der Waals surface area contributed by atoms with Gasteiger partial charge in [0, 0.05) is 0 Å². The van der Waals surface area contributed by atoms with Crippen LogP contribution in [0.3, 0.4) is 0 Å². The summed E-state index contributed by atoms with van der Waals surface area (Å²) in [5, 5.41) is 0. The summed E-state index contributed by atoms with van der Waals surface area (Å²) in [5.74, 6) is 0. The fraction of sp³-hybridized carbons (Fsp3) is 0. The molecule has 0 aliphatic carbocycles. The van der Waals surface area contributed by atoms with Crippen LogP contribution in [0.1, 0.15) is 0 Å². The molecular weight excluding hydrogens is 598 g/mol. The maximum atomic E-state index is 12.7. The van der Waals surface area contributed by atoms with E-state index in [0.29, 0.717) is 0 Å². The van der Waals surface area contributed by atoms with E-state index in [1.165, 1.54) is 0 Å². The Morgan fingerprint density at radius 2 is 0.783 bits per heavy atom. The van der Waals surface area contributed by atoms with Crippen LogP contribution in [-0.2, 0) is 60.9 Å². The molecule has 9 fully saturated rings. The van der Waals surface area contributed by atoms with Gasteiger partial charge < -0.3 is 0 Å². The summed E-state index contributed by atoms with van der Waals surface area (Å²) >= 11 is -13.4. The van der Waals surface area contributed by atoms with Gasteiger partial charge in [-0.1, -0.05) is 0 Å². The molecule has 9 aliphatic heterocycles. The van der Waals surface area contributed by atoms with Crippen LogP contribution in [-0.4, -0.2) is 43.8 Å². The molecule has 0 saturated carbocycles. The van der Waals surface area contributed by atoms with Crippen LogP contribution in [0.5, 0.6) is 0 Å². The van der Waals surface area contributed by atoms with Crippen LogP contribution in [0.4, 0.5) is 0 Å². The molecule has 0 radical (unpaired) electrons. The SMILES string of the molecule is O=P([O][Ge]12[O]P(=O)([O]1)[O]2)([O][Ge]12[O]P(=O)([O]1)[O]2)[O][Ge]12[O]P(=O)([O]1)[O]2. The first-order valence-corrected chi connectivity index (χ1v) is 21.5. The molecule has 9 rings (SSSR count). The number of hydrogen-bond donors (Lipinski definition) is 0. The summed E-state index contributed by atoms with van der Waals surface area (Å²) in [6.07, 6.45) is 0. The van der Waals surface area contributed by atoms with Crippen molar-refractivity contribution in [2.24, 2.45) is 0 Å². The third-order valence-electron chi connectivity index (χ3n) is 2.68.